The van der Waals surface area contributed by atoms with E-state index in [9.17, 15) is 29.4 Å². The number of para-hydroxylation sites is 1. The summed E-state index contributed by atoms with van der Waals surface area (Å²) < 4.78 is 0. The third-order valence-electron chi connectivity index (χ3n) is 6.50. The molecule has 3 unspecified atom stereocenters. The summed E-state index contributed by atoms with van der Waals surface area (Å²) in [5.74, 6) is -3.16. The summed E-state index contributed by atoms with van der Waals surface area (Å²) in [6, 6.07) is 10.1. The van der Waals surface area contributed by atoms with E-state index in [2.05, 4.69) is 30.9 Å². The first kappa shape index (κ1) is 28.8. The van der Waals surface area contributed by atoms with Gasteiger partial charge in [-0.15, -0.1) is 0 Å². The number of rotatable bonds is 13. The first-order valence-corrected chi connectivity index (χ1v) is 12.9. The number of benzene rings is 2. The molecule has 41 heavy (non-hydrogen) atoms. The number of carboxylic acid groups (broad SMARTS) is 1. The van der Waals surface area contributed by atoms with Crippen LogP contribution in [0.4, 0.5) is 0 Å². The van der Waals surface area contributed by atoms with Gasteiger partial charge < -0.3 is 41.9 Å². The van der Waals surface area contributed by atoms with Gasteiger partial charge in [-0.05, 0) is 29.3 Å². The monoisotopic (exact) mass is 561 g/mol. The molecule has 0 aliphatic carbocycles. The molecular formula is C28H31N7O6. The highest BCUT2D eigenvalue weighted by Crippen LogP contribution is 2.19. The third kappa shape index (κ3) is 7.92. The number of hydrogen-bond donors (Lipinski definition) is 8. The summed E-state index contributed by atoms with van der Waals surface area (Å²) in [5, 5.41) is 27.4. The zero-order chi connectivity index (χ0) is 29.4. The molecule has 0 radical (unpaired) electrons. The zero-order valence-electron chi connectivity index (χ0n) is 22.0. The van der Waals surface area contributed by atoms with Crippen molar-refractivity contribution in [3.63, 3.8) is 0 Å². The summed E-state index contributed by atoms with van der Waals surface area (Å²) in [6.07, 6.45) is 5.02. The number of carboxylic acids is 1. The van der Waals surface area contributed by atoms with Crippen molar-refractivity contribution in [1.29, 1.82) is 0 Å². The van der Waals surface area contributed by atoms with Gasteiger partial charge in [0.2, 0.25) is 17.7 Å². The SMILES string of the molecule is NC(Cc1cnc[nH]1)C(=O)NC(Cc1c[nH]c2ccccc12)C(=O)NCC(=O)NC(Cc1ccc(O)cc1)C(=O)O. The molecule has 2 heterocycles. The van der Waals surface area contributed by atoms with E-state index in [1.165, 1.54) is 18.5 Å². The van der Waals surface area contributed by atoms with Crippen LogP contribution < -0.4 is 21.7 Å². The largest absolute Gasteiger partial charge is 0.508 e. The third-order valence-corrected chi connectivity index (χ3v) is 6.50. The number of aliphatic carboxylic acids is 1. The number of H-pyrrole nitrogens is 2. The second-order valence-electron chi connectivity index (χ2n) is 9.56. The van der Waals surface area contributed by atoms with Crippen molar-refractivity contribution < 1.29 is 29.4 Å². The van der Waals surface area contributed by atoms with E-state index < -0.39 is 48.4 Å². The number of phenols is 1. The maximum Gasteiger partial charge on any atom is 0.326 e. The van der Waals surface area contributed by atoms with E-state index in [1.54, 1.807) is 24.5 Å². The number of phenolic OH excluding ortho intramolecular Hbond substituents is 1. The number of carbonyl (C=O) groups is 4. The molecule has 4 rings (SSSR count). The first-order valence-electron chi connectivity index (χ1n) is 12.9. The van der Waals surface area contributed by atoms with Crippen LogP contribution in [0.25, 0.3) is 10.9 Å². The van der Waals surface area contributed by atoms with Gasteiger partial charge in [0.05, 0.1) is 18.9 Å². The van der Waals surface area contributed by atoms with Crippen molar-refractivity contribution in [2.24, 2.45) is 5.73 Å². The lowest BCUT2D eigenvalue weighted by molar-refractivity contribution is -0.141. The Hall–Kier alpha value is -5.17. The predicted molar refractivity (Wildman–Crippen MR) is 149 cm³/mol. The average molecular weight is 562 g/mol. The zero-order valence-corrected chi connectivity index (χ0v) is 22.0. The van der Waals surface area contributed by atoms with Crippen molar-refractivity contribution in [2.45, 2.75) is 37.4 Å². The lowest BCUT2D eigenvalue weighted by atomic mass is 10.0. The van der Waals surface area contributed by atoms with E-state index >= 15 is 0 Å². The van der Waals surface area contributed by atoms with Crippen LogP contribution in [0.15, 0.2) is 67.3 Å². The van der Waals surface area contributed by atoms with E-state index in [0.29, 0.717) is 11.3 Å². The molecule has 9 N–H and O–H groups in total. The molecule has 4 aromatic rings. The molecule has 2 aromatic carbocycles. The molecule has 0 fully saturated rings. The van der Waals surface area contributed by atoms with Gasteiger partial charge in [-0.1, -0.05) is 30.3 Å². The molecule has 214 valence electrons. The highest BCUT2D eigenvalue weighted by atomic mass is 16.4. The molecular weight excluding hydrogens is 530 g/mol. The van der Waals surface area contributed by atoms with Crippen molar-refractivity contribution >= 4 is 34.6 Å². The Bertz CT molecular complexity index is 1500. The van der Waals surface area contributed by atoms with E-state index in [4.69, 9.17) is 5.73 Å². The second-order valence-corrected chi connectivity index (χ2v) is 9.56. The molecule has 2 aromatic heterocycles. The molecule has 0 spiro atoms. The topological polar surface area (TPSA) is 215 Å². The van der Waals surface area contributed by atoms with Gasteiger partial charge in [0, 0.05) is 48.3 Å². The molecule has 0 saturated heterocycles. The lowest BCUT2D eigenvalue weighted by Crippen LogP contribution is -2.54. The van der Waals surface area contributed by atoms with E-state index in [-0.39, 0.29) is 25.0 Å². The van der Waals surface area contributed by atoms with Crippen LogP contribution in [0, 0.1) is 0 Å². The van der Waals surface area contributed by atoms with Gasteiger partial charge in [0.1, 0.15) is 17.8 Å². The van der Waals surface area contributed by atoms with Crippen LogP contribution in [-0.4, -0.2) is 73.5 Å². The Labute approximate surface area is 234 Å². The molecule has 13 heteroatoms. The van der Waals surface area contributed by atoms with Crippen LogP contribution in [0.3, 0.4) is 0 Å². The van der Waals surface area contributed by atoms with Crippen molar-refractivity contribution in [3.05, 3.63) is 84.1 Å². The van der Waals surface area contributed by atoms with Gasteiger partial charge in [0.25, 0.3) is 0 Å². The number of aromatic amines is 2. The number of nitrogens with zero attached hydrogens (tertiary/aromatic N) is 1. The Morgan fingerprint density at radius 3 is 2.37 bits per heavy atom. The number of imidazole rings is 1. The highest BCUT2D eigenvalue weighted by molar-refractivity contribution is 5.93. The van der Waals surface area contributed by atoms with Gasteiger partial charge in [-0.2, -0.15) is 0 Å². The summed E-state index contributed by atoms with van der Waals surface area (Å²) in [7, 11) is 0. The minimum absolute atomic E-state index is 0.0250. The fourth-order valence-electron chi connectivity index (χ4n) is 4.34. The molecule has 0 aliphatic rings. The van der Waals surface area contributed by atoms with Crippen molar-refractivity contribution in [3.8, 4) is 5.75 Å². The summed E-state index contributed by atoms with van der Waals surface area (Å²) in [5.41, 5.74) is 8.94. The van der Waals surface area contributed by atoms with Crippen LogP contribution in [0.5, 0.6) is 5.75 Å². The lowest BCUT2D eigenvalue weighted by Gasteiger charge is -2.21. The maximum absolute atomic E-state index is 13.2. The summed E-state index contributed by atoms with van der Waals surface area (Å²) >= 11 is 0. The van der Waals surface area contributed by atoms with Gasteiger partial charge in [-0.3, -0.25) is 14.4 Å². The molecule has 3 amide bonds. The fourth-order valence-corrected chi connectivity index (χ4v) is 4.34. The van der Waals surface area contributed by atoms with E-state index in [0.717, 1.165) is 16.5 Å². The minimum atomic E-state index is -1.26. The number of amides is 3. The average Bonchev–Trinajstić information content (AvgIpc) is 3.62. The Kier molecular flexibility index (Phi) is 9.32. The first-order chi connectivity index (χ1) is 19.7. The van der Waals surface area contributed by atoms with Gasteiger partial charge in [-0.25, -0.2) is 9.78 Å². The molecule has 0 bridgehead atoms. The van der Waals surface area contributed by atoms with Crippen LogP contribution in [-0.2, 0) is 38.4 Å². The minimum Gasteiger partial charge on any atom is -0.508 e. The van der Waals surface area contributed by atoms with E-state index in [1.807, 2.05) is 24.3 Å². The summed E-state index contributed by atoms with van der Waals surface area (Å²) in [6.45, 7) is -0.515. The Balaban J connectivity index is 1.41. The van der Waals surface area contributed by atoms with Crippen LogP contribution in [0.2, 0.25) is 0 Å². The number of nitrogens with one attached hydrogen (secondary N) is 5. The quantitative estimate of drug-likeness (QED) is 0.112. The molecule has 0 saturated carbocycles. The summed E-state index contributed by atoms with van der Waals surface area (Å²) in [4.78, 5) is 60.3. The van der Waals surface area contributed by atoms with Crippen molar-refractivity contribution in [2.75, 3.05) is 6.54 Å². The van der Waals surface area contributed by atoms with Gasteiger partial charge in [0.15, 0.2) is 0 Å². The van der Waals surface area contributed by atoms with Crippen LogP contribution in [0.1, 0.15) is 16.8 Å². The fraction of sp³-hybridized carbons (Fsp3) is 0.250. The van der Waals surface area contributed by atoms with Gasteiger partial charge >= 0.3 is 5.97 Å². The Morgan fingerprint density at radius 1 is 0.902 bits per heavy atom. The number of aromatic nitrogens is 3. The second kappa shape index (κ2) is 13.3. The van der Waals surface area contributed by atoms with Crippen LogP contribution >= 0.6 is 0 Å². The molecule has 3 atom stereocenters. The van der Waals surface area contributed by atoms with Crippen molar-refractivity contribution in [1.82, 2.24) is 30.9 Å². The molecule has 0 aliphatic heterocycles. The number of nitrogens with two attached hydrogens (primary N) is 1. The Morgan fingerprint density at radius 2 is 1.66 bits per heavy atom. The standard InChI is InChI=1S/C28H31N7O6/c29-21(11-18-13-30-15-33-18)26(38)35-23(10-17-12-31-22-4-2-1-3-20(17)22)27(39)32-14-25(37)34-24(28(40)41)9-16-5-7-19(36)8-6-16/h1-8,12-13,15,21,23-24,31,36H,9-11,14,29H2,(H,30,33)(H,32,39)(H,34,37)(H,35,38)(H,40,41). The smallest absolute Gasteiger partial charge is 0.326 e. The normalized spacial score (nSPS) is 13.2. The number of carbonyl (C=O) groups excluding carboxylic acids is 3. The predicted octanol–water partition coefficient (Wildman–Crippen LogP) is 0.122. The highest BCUT2D eigenvalue weighted by Gasteiger charge is 2.27. The number of aromatic hydroxyl groups is 1. The maximum atomic E-state index is 13.2. The molecule has 13 nitrogen and oxygen atoms in total. The number of fused-ring (bicyclic) bond motifs is 1. The number of hydrogen-bond acceptors (Lipinski definition) is 7.